The van der Waals surface area contributed by atoms with Crippen molar-refractivity contribution in [2.45, 2.75) is 25.9 Å². The van der Waals surface area contributed by atoms with Crippen molar-refractivity contribution < 1.29 is 14.6 Å². The Hall–Kier alpha value is -1.59. The third-order valence-corrected chi connectivity index (χ3v) is 3.08. The Morgan fingerprint density at radius 3 is 2.44 bits per heavy atom. The van der Waals surface area contributed by atoms with Crippen LogP contribution in [0.15, 0.2) is 12.1 Å². The number of carboxylic acid groups (broad SMARTS) is 1. The number of nitrogens with two attached hydrogens (primary N) is 1. The minimum Gasteiger partial charge on any atom is -0.496 e. The Bertz CT molecular complexity index is 446. The van der Waals surface area contributed by atoms with E-state index in [4.69, 9.17) is 15.6 Å². The second-order valence-corrected chi connectivity index (χ2v) is 4.31. The maximum absolute atomic E-state index is 11.1. The summed E-state index contributed by atoms with van der Waals surface area (Å²) in [5.74, 6) is -0.183. The monoisotopic (exact) mass is 252 g/mol. The summed E-state index contributed by atoms with van der Waals surface area (Å²) in [6.07, 6.45) is 0. The predicted octanol–water partition coefficient (Wildman–Crippen LogP) is 0.984. The maximum Gasteiger partial charge on any atom is 0.322 e. The number of likely N-dealkylation sites (N-methyl/N-ethyl adjacent to an activating group) is 1. The van der Waals surface area contributed by atoms with Crippen LogP contribution < -0.4 is 15.8 Å². The highest BCUT2D eigenvalue weighted by molar-refractivity contribution is 5.75. The molecule has 0 spiro atoms. The molecule has 0 aromatic heterocycles. The second kappa shape index (κ2) is 5.84. The smallest absolute Gasteiger partial charge is 0.322 e. The SMILES string of the molecule is CNC(C(=O)O)C(N)c1cc(C)c(OC)cc1C. The minimum atomic E-state index is -0.960. The highest BCUT2D eigenvalue weighted by atomic mass is 16.5. The Morgan fingerprint density at radius 2 is 2.00 bits per heavy atom. The largest absolute Gasteiger partial charge is 0.496 e. The average Bonchev–Trinajstić information content (AvgIpc) is 2.31. The molecular weight excluding hydrogens is 232 g/mol. The summed E-state index contributed by atoms with van der Waals surface area (Å²) < 4.78 is 5.22. The van der Waals surface area contributed by atoms with Gasteiger partial charge in [-0.15, -0.1) is 0 Å². The van der Waals surface area contributed by atoms with Gasteiger partial charge in [0.1, 0.15) is 11.8 Å². The first-order valence-corrected chi connectivity index (χ1v) is 5.73. The number of ether oxygens (including phenoxy) is 1. The summed E-state index contributed by atoms with van der Waals surface area (Å²) in [5.41, 5.74) is 8.70. The first kappa shape index (κ1) is 14.5. The van der Waals surface area contributed by atoms with Crippen molar-refractivity contribution in [2.24, 2.45) is 5.73 Å². The molecule has 0 fully saturated rings. The number of hydrogen-bond acceptors (Lipinski definition) is 4. The molecule has 0 saturated carbocycles. The van der Waals surface area contributed by atoms with E-state index >= 15 is 0 Å². The van der Waals surface area contributed by atoms with Gasteiger partial charge < -0.3 is 20.9 Å². The number of nitrogens with one attached hydrogen (secondary N) is 1. The van der Waals surface area contributed by atoms with Crippen molar-refractivity contribution in [1.29, 1.82) is 0 Å². The number of aliphatic carboxylic acids is 1. The van der Waals surface area contributed by atoms with E-state index in [-0.39, 0.29) is 0 Å². The van der Waals surface area contributed by atoms with Crippen LogP contribution in [0, 0.1) is 13.8 Å². The highest BCUT2D eigenvalue weighted by Gasteiger charge is 2.26. The van der Waals surface area contributed by atoms with E-state index in [0.29, 0.717) is 0 Å². The molecule has 0 bridgehead atoms. The van der Waals surface area contributed by atoms with Gasteiger partial charge in [0, 0.05) is 0 Å². The summed E-state index contributed by atoms with van der Waals surface area (Å²) in [7, 11) is 3.19. The van der Waals surface area contributed by atoms with Gasteiger partial charge in [0.15, 0.2) is 0 Å². The lowest BCUT2D eigenvalue weighted by atomic mass is 9.94. The van der Waals surface area contributed by atoms with Crippen LogP contribution in [0.25, 0.3) is 0 Å². The number of aryl methyl sites for hydroxylation is 2. The predicted molar refractivity (Wildman–Crippen MR) is 69.9 cm³/mol. The normalized spacial score (nSPS) is 14.1. The lowest BCUT2D eigenvalue weighted by Crippen LogP contribution is -2.43. The fourth-order valence-electron chi connectivity index (χ4n) is 2.03. The standard InChI is InChI=1S/C13H20N2O3/c1-7-6-10(18-4)8(2)5-9(7)11(14)12(15-3)13(16)17/h5-6,11-12,15H,14H2,1-4H3,(H,16,17). The first-order valence-electron chi connectivity index (χ1n) is 5.73. The fourth-order valence-corrected chi connectivity index (χ4v) is 2.03. The third kappa shape index (κ3) is 2.80. The van der Waals surface area contributed by atoms with Gasteiger partial charge >= 0.3 is 5.97 Å². The molecule has 18 heavy (non-hydrogen) atoms. The number of methoxy groups -OCH3 is 1. The zero-order valence-corrected chi connectivity index (χ0v) is 11.2. The van der Waals surface area contributed by atoms with Crippen molar-refractivity contribution >= 4 is 5.97 Å². The van der Waals surface area contributed by atoms with Gasteiger partial charge in [0.25, 0.3) is 0 Å². The summed E-state index contributed by atoms with van der Waals surface area (Å²) in [5, 5.41) is 11.8. The van der Waals surface area contributed by atoms with Gasteiger partial charge in [-0.2, -0.15) is 0 Å². The summed E-state index contributed by atoms with van der Waals surface area (Å²) in [6, 6.07) is 2.35. The topological polar surface area (TPSA) is 84.6 Å². The zero-order valence-electron chi connectivity index (χ0n) is 11.2. The number of benzene rings is 1. The number of hydrogen-bond donors (Lipinski definition) is 3. The first-order chi connectivity index (χ1) is 8.42. The molecule has 2 unspecified atom stereocenters. The molecule has 0 aliphatic rings. The molecular formula is C13H20N2O3. The number of carbonyl (C=O) groups is 1. The van der Waals surface area contributed by atoms with Crippen molar-refractivity contribution in [2.75, 3.05) is 14.2 Å². The van der Waals surface area contributed by atoms with Crippen LogP contribution in [0.2, 0.25) is 0 Å². The van der Waals surface area contributed by atoms with Gasteiger partial charge in [-0.25, -0.2) is 0 Å². The van der Waals surface area contributed by atoms with Gasteiger partial charge in [-0.1, -0.05) is 6.07 Å². The molecule has 0 aliphatic heterocycles. The summed E-state index contributed by atoms with van der Waals surface area (Å²) in [4.78, 5) is 11.1. The molecule has 0 amide bonds. The molecule has 1 aromatic carbocycles. The van der Waals surface area contributed by atoms with Crippen LogP contribution >= 0.6 is 0 Å². The van der Waals surface area contributed by atoms with E-state index in [0.717, 1.165) is 22.4 Å². The Morgan fingerprint density at radius 1 is 1.39 bits per heavy atom. The van der Waals surface area contributed by atoms with Crippen LogP contribution in [-0.2, 0) is 4.79 Å². The molecule has 100 valence electrons. The van der Waals surface area contributed by atoms with Crippen LogP contribution in [-0.4, -0.2) is 31.3 Å². The van der Waals surface area contributed by atoms with Gasteiger partial charge in [-0.05, 0) is 43.7 Å². The molecule has 1 rings (SSSR count). The molecule has 2 atom stereocenters. The van der Waals surface area contributed by atoms with E-state index in [1.807, 2.05) is 26.0 Å². The maximum atomic E-state index is 11.1. The summed E-state index contributed by atoms with van der Waals surface area (Å²) >= 11 is 0. The quantitative estimate of drug-likeness (QED) is 0.727. The molecule has 0 aliphatic carbocycles. The summed E-state index contributed by atoms with van der Waals surface area (Å²) in [6.45, 7) is 3.80. The van der Waals surface area contributed by atoms with E-state index in [1.54, 1.807) is 14.2 Å². The van der Waals surface area contributed by atoms with Crippen molar-refractivity contribution in [3.8, 4) is 5.75 Å². The Balaban J connectivity index is 3.16. The molecule has 5 heteroatoms. The van der Waals surface area contributed by atoms with Gasteiger partial charge in [-0.3, -0.25) is 4.79 Å². The van der Waals surface area contributed by atoms with Gasteiger partial charge in [0.05, 0.1) is 13.2 Å². The number of rotatable bonds is 5. The van der Waals surface area contributed by atoms with Crippen molar-refractivity contribution in [3.05, 3.63) is 28.8 Å². The van der Waals surface area contributed by atoms with E-state index in [2.05, 4.69) is 5.32 Å². The molecule has 4 N–H and O–H groups in total. The highest BCUT2D eigenvalue weighted by Crippen LogP contribution is 2.27. The van der Waals surface area contributed by atoms with Crippen LogP contribution in [0.4, 0.5) is 0 Å². The molecule has 5 nitrogen and oxygen atoms in total. The average molecular weight is 252 g/mol. The Kier molecular flexibility index (Phi) is 4.69. The van der Waals surface area contributed by atoms with Crippen LogP contribution in [0.1, 0.15) is 22.7 Å². The fraction of sp³-hybridized carbons (Fsp3) is 0.462. The van der Waals surface area contributed by atoms with Crippen molar-refractivity contribution in [3.63, 3.8) is 0 Å². The second-order valence-electron chi connectivity index (χ2n) is 4.31. The van der Waals surface area contributed by atoms with Crippen molar-refractivity contribution in [1.82, 2.24) is 5.32 Å². The van der Waals surface area contributed by atoms with E-state index < -0.39 is 18.1 Å². The number of carboxylic acids is 1. The van der Waals surface area contributed by atoms with Gasteiger partial charge in [0.2, 0.25) is 0 Å². The lowest BCUT2D eigenvalue weighted by molar-refractivity contribution is -0.139. The van der Waals surface area contributed by atoms with Crippen LogP contribution in [0.3, 0.4) is 0 Å². The van der Waals surface area contributed by atoms with Crippen LogP contribution in [0.5, 0.6) is 5.75 Å². The Labute approximate surface area is 107 Å². The molecule has 0 saturated heterocycles. The third-order valence-electron chi connectivity index (χ3n) is 3.08. The molecule has 0 radical (unpaired) electrons. The van der Waals surface area contributed by atoms with E-state index in [9.17, 15) is 4.79 Å². The molecule has 0 heterocycles. The lowest BCUT2D eigenvalue weighted by Gasteiger charge is -2.22. The minimum absolute atomic E-state index is 0.600. The zero-order chi connectivity index (χ0) is 13.9. The van der Waals surface area contributed by atoms with E-state index in [1.165, 1.54) is 0 Å². The molecule has 1 aromatic rings.